The molecule has 77 valence electrons. The first-order valence-corrected chi connectivity index (χ1v) is 5.87. The van der Waals surface area contributed by atoms with Crippen molar-refractivity contribution >= 4 is 17.2 Å². The molecule has 0 saturated carbocycles. The third kappa shape index (κ3) is 1.91. The summed E-state index contributed by atoms with van der Waals surface area (Å²) in [7, 11) is 0. The summed E-state index contributed by atoms with van der Waals surface area (Å²) in [6.45, 7) is 6.27. The third-order valence-electron chi connectivity index (χ3n) is 2.48. The smallest absolute Gasteiger partial charge is 0.148 e. The van der Waals surface area contributed by atoms with Crippen LogP contribution in [0.4, 0.5) is 5.82 Å². The molecule has 0 unspecified atom stereocenters. The number of anilines is 1. The Kier molecular flexibility index (Phi) is 2.74. The number of hydrogen-bond donors (Lipinski definition) is 1. The minimum absolute atomic E-state index is 0.313. The van der Waals surface area contributed by atoms with Gasteiger partial charge in [-0.25, -0.2) is 4.98 Å². The molecule has 1 fully saturated rings. The second kappa shape index (κ2) is 3.87. The molecule has 2 N–H and O–H groups in total. The normalized spacial score (nSPS) is 22.3. The first-order valence-electron chi connectivity index (χ1n) is 5.05. The monoisotopic (exact) mass is 210 g/mol. The van der Waals surface area contributed by atoms with Gasteiger partial charge in [0.1, 0.15) is 5.82 Å². The van der Waals surface area contributed by atoms with Crippen molar-refractivity contribution in [2.45, 2.75) is 32.2 Å². The summed E-state index contributed by atoms with van der Waals surface area (Å²) < 4.78 is 0. The molecule has 3 nitrogen and oxygen atoms in total. The molecular weight excluding hydrogens is 194 g/mol. The molecule has 14 heavy (non-hydrogen) atoms. The van der Waals surface area contributed by atoms with Gasteiger partial charge in [-0.3, -0.25) is 0 Å². The van der Waals surface area contributed by atoms with Gasteiger partial charge in [-0.1, -0.05) is 13.8 Å². The van der Waals surface area contributed by atoms with Crippen LogP contribution in [0.2, 0.25) is 0 Å². The molecule has 1 saturated heterocycles. The van der Waals surface area contributed by atoms with Crippen LogP contribution in [0.3, 0.4) is 0 Å². The molecule has 0 spiro atoms. The van der Waals surface area contributed by atoms with Crippen molar-refractivity contribution in [1.29, 1.82) is 0 Å². The maximum absolute atomic E-state index is 5.85. The molecule has 1 aromatic rings. The van der Waals surface area contributed by atoms with Crippen molar-refractivity contribution in [3.63, 3.8) is 0 Å². The van der Waals surface area contributed by atoms with Gasteiger partial charge in [0, 0.05) is 25.0 Å². The Morgan fingerprint density at radius 1 is 1.64 bits per heavy atom. The minimum atomic E-state index is 0.313. The quantitative estimate of drug-likeness (QED) is 0.806. The van der Waals surface area contributed by atoms with Crippen molar-refractivity contribution in [2.75, 3.05) is 18.0 Å². The van der Waals surface area contributed by atoms with E-state index in [0.717, 1.165) is 25.3 Å². The SMILES string of the molecule is CC(C)c1nc(N2CC[C@@H](N)C2)[c]s1. The van der Waals surface area contributed by atoms with Gasteiger partial charge >= 0.3 is 0 Å². The number of aromatic nitrogens is 1. The van der Waals surface area contributed by atoms with Crippen molar-refractivity contribution < 1.29 is 0 Å². The Morgan fingerprint density at radius 3 is 2.93 bits per heavy atom. The van der Waals surface area contributed by atoms with Crippen LogP contribution >= 0.6 is 11.3 Å². The Labute approximate surface area is 88.9 Å². The summed E-state index contributed by atoms with van der Waals surface area (Å²) in [5, 5.41) is 4.42. The lowest BCUT2D eigenvalue weighted by molar-refractivity contribution is 0.751. The van der Waals surface area contributed by atoms with E-state index in [-0.39, 0.29) is 0 Å². The van der Waals surface area contributed by atoms with E-state index in [0.29, 0.717) is 12.0 Å². The summed E-state index contributed by atoms with van der Waals surface area (Å²) in [6, 6.07) is 0.313. The van der Waals surface area contributed by atoms with Crippen LogP contribution in [0.5, 0.6) is 0 Å². The van der Waals surface area contributed by atoms with Crippen LogP contribution in [0.25, 0.3) is 0 Å². The van der Waals surface area contributed by atoms with E-state index < -0.39 is 0 Å². The fourth-order valence-corrected chi connectivity index (χ4v) is 2.35. The van der Waals surface area contributed by atoms with Gasteiger partial charge in [-0.15, -0.1) is 11.3 Å². The second-order valence-electron chi connectivity index (χ2n) is 4.13. The summed E-state index contributed by atoms with van der Waals surface area (Å²) in [5.41, 5.74) is 5.85. The summed E-state index contributed by atoms with van der Waals surface area (Å²) >= 11 is 1.63. The molecule has 0 amide bonds. The Bertz CT molecular complexity index is 308. The molecule has 2 rings (SSSR count). The number of thiazole rings is 1. The van der Waals surface area contributed by atoms with E-state index in [1.54, 1.807) is 11.3 Å². The number of hydrogen-bond acceptors (Lipinski definition) is 4. The Balaban J connectivity index is 2.09. The summed E-state index contributed by atoms with van der Waals surface area (Å²) in [4.78, 5) is 6.79. The van der Waals surface area contributed by atoms with Crippen molar-refractivity contribution in [3.05, 3.63) is 10.4 Å². The van der Waals surface area contributed by atoms with Crippen LogP contribution in [0.1, 0.15) is 31.2 Å². The molecule has 0 bridgehead atoms. The lowest BCUT2D eigenvalue weighted by atomic mass is 10.2. The highest BCUT2D eigenvalue weighted by Gasteiger charge is 2.21. The van der Waals surface area contributed by atoms with E-state index in [9.17, 15) is 0 Å². The van der Waals surface area contributed by atoms with Crippen LogP contribution in [0, 0.1) is 5.38 Å². The van der Waals surface area contributed by atoms with Crippen molar-refractivity contribution in [1.82, 2.24) is 4.98 Å². The second-order valence-corrected chi connectivity index (χ2v) is 4.95. The first kappa shape index (κ1) is 9.93. The largest absolute Gasteiger partial charge is 0.354 e. The molecule has 4 heteroatoms. The van der Waals surface area contributed by atoms with Gasteiger partial charge in [0.15, 0.2) is 0 Å². The lowest BCUT2D eigenvalue weighted by Crippen LogP contribution is -2.26. The number of rotatable bonds is 2. The molecule has 1 aromatic heterocycles. The average molecular weight is 210 g/mol. The molecule has 0 aromatic carbocycles. The zero-order chi connectivity index (χ0) is 10.1. The third-order valence-corrected chi connectivity index (χ3v) is 3.54. The topological polar surface area (TPSA) is 42.2 Å². The van der Waals surface area contributed by atoms with Gasteiger partial charge in [0.05, 0.1) is 10.4 Å². The minimum Gasteiger partial charge on any atom is -0.354 e. The molecule has 1 aliphatic heterocycles. The maximum Gasteiger partial charge on any atom is 0.148 e. The lowest BCUT2D eigenvalue weighted by Gasteiger charge is -2.13. The Hall–Kier alpha value is -0.610. The standard InChI is InChI=1S/C10H16N3S/c1-7(2)10-12-9(6-14-10)13-4-3-8(11)5-13/h7-8H,3-5,11H2,1-2H3/t8-/m1/s1. The van der Waals surface area contributed by atoms with E-state index in [2.05, 4.69) is 29.1 Å². The zero-order valence-electron chi connectivity index (χ0n) is 8.66. The summed E-state index contributed by atoms with van der Waals surface area (Å²) in [6.07, 6.45) is 1.07. The van der Waals surface area contributed by atoms with E-state index >= 15 is 0 Å². The fourth-order valence-electron chi connectivity index (χ4n) is 1.61. The maximum atomic E-state index is 5.85. The molecule has 1 aliphatic rings. The van der Waals surface area contributed by atoms with Crippen LogP contribution in [-0.2, 0) is 0 Å². The molecule has 1 radical (unpaired) electrons. The highest BCUT2D eigenvalue weighted by atomic mass is 32.1. The van der Waals surface area contributed by atoms with E-state index in [4.69, 9.17) is 5.73 Å². The molecule has 0 aliphatic carbocycles. The predicted molar refractivity (Wildman–Crippen MR) is 59.8 cm³/mol. The van der Waals surface area contributed by atoms with Crippen molar-refractivity contribution in [2.24, 2.45) is 5.73 Å². The summed E-state index contributed by atoms with van der Waals surface area (Å²) in [5.74, 6) is 1.49. The van der Waals surface area contributed by atoms with Gasteiger partial charge in [-0.2, -0.15) is 0 Å². The fraction of sp³-hybridized carbons (Fsp3) is 0.700. The predicted octanol–water partition coefficient (Wildman–Crippen LogP) is 1.60. The van der Waals surface area contributed by atoms with Gasteiger partial charge in [0.2, 0.25) is 0 Å². The molecular formula is C10H16N3S. The zero-order valence-corrected chi connectivity index (χ0v) is 9.47. The van der Waals surface area contributed by atoms with E-state index in [1.807, 2.05) is 0 Å². The van der Waals surface area contributed by atoms with Gasteiger partial charge in [0.25, 0.3) is 0 Å². The average Bonchev–Trinajstić information content (AvgIpc) is 2.70. The highest BCUT2D eigenvalue weighted by Crippen LogP contribution is 2.25. The molecule has 2 heterocycles. The van der Waals surface area contributed by atoms with Gasteiger partial charge < -0.3 is 10.6 Å². The van der Waals surface area contributed by atoms with Crippen LogP contribution < -0.4 is 10.6 Å². The first-order chi connectivity index (χ1) is 6.66. The van der Waals surface area contributed by atoms with Crippen LogP contribution in [0.15, 0.2) is 0 Å². The number of nitrogens with two attached hydrogens (primary N) is 1. The van der Waals surface area contributed by atoms with Gasteiger partial charge in [-0.05, 0) is 6.42 Å². The number of nitrogens with zero attached hydrogens (tertiary/aromatic N) is 2. The molecule has 1 atom stereocenters. The van der Waals surface area contributed by atoms with E-state index in [1.165, 1.54) is 5.01 Å². The van der Waals surface area contributed by atoms with Crippen molar-refractivity contribution in [3.8, 4) is 0 Å². The van der Waals surface area contributed by atoms with Crippen LogP contribution in [-0.4, -0.2) is 24.1 Å². The highest BCUT2D eigenvalue weighted by molar-refractivity contribution is 7.09. The Morgan fingerprint density at radius 2 is 2.43 bits per heavy atom.